The molecule has 1 aromatic heterocycles. The molecule has 0 amide bonds. The second-order valence-corrected chi connectivity index (χ2v) is 9.31. The normalized spacial score (nSPS) is 23.0. The van der Waals surface area contributed by atoms with E-state index in [1.165, 1.54) is 76.3 Å². The van der Waals surface area contributed by atoms with Crippen molar-refractivity contribution in [2.24, 2.45) is 5.41 Å². The van der Waals surface area contributed by atoms with E-state index in [9.17, 15) is 0 Å². The molecule has 0 unspecified atom stereocenters. The van der Waals surface area contributed by atoms with Gasteiger partial charge in [0.1, 0.15) is 0 Å². The average molecular weight is 359 g/mol. The summed E-state index contributed by atoms with van der Waals surface area (Å²) in [6.07, 6.45) is 15.8. The van der Waals surface area contributed by atoms with Crippen molar-refractivity contribution >= 4 is 0 Å². The summed E-state index contributed by atoms with van der Waals surface area (Å²) in [4.78, 5) is 2.43. The van der Waals surface area contributed by atoms with E-state index in [-0.39, 0.29) is 0 Å². The van der Waals surface area contributed by atoms with E-state index < -0.39 is 0 Å². The fourth-order valence-corrected chi connectivity index (χ4v) is 5.96. The van der Waals surface area contributed by atoms with E-state index in [2.05, 4.69) is 21.9 Å². The summed E-state index contributed by atoms with van der Waals surface area (Å²) in [7, 11) is 4.27. The van der Waals surface area contributed by atoms with Gasteiger partial charge >= 0.3 is 0 Å². The lowest BCUT2D eigenvalue weighted by atomic mass is 9.62. The minimum absolute atomic E-state index is 0.717. The minimum Gasteiger partial charge on any atom is -0.318 e. The molecule has 1 N–H and O–H groups in total. The fourth-order valence-electron chi connectivity index (χ4n) is 5.96. The first-order valence-electron chi connectivity index (χ1n) is 11.1. The van der Waals surface area contributed by atoms with Crippen LogP contribution >= 0.6 is 0 Å². The largest absolute Gasteiger partial charge is 0.318 e. The summed E-state index contributed by atoms with van der Waals surface area (Å²) in [6, 6.07) is 0. The second kappa shape index (κ2) is 8.02. The van der Waals surface area contributed by atoms with Crippen LogP contribution in [0.15, 0.2) is 0 Å². The first-order valence-corrected chi connectivity index (χ1v) is 11.1. The molecule has 0 saturated heterocycles. The summed E-state index contributed by atoms with van der Waals surface area (Å²) < 4.78 is 2.35. The van der Waals surface area contributed by atoms with E-state index in [0.717, 1.165) is 37.5 Å². The van der Waals surface area contributed by atoms with Crippen LogP contribution in [0.4, 0.5) is 0 Å². The molecule has 2 saturated carbocycles. The van der Waals surface area contributed by atoms with Crippen LogP contribution in [-0.4, -0.2) is 41.9 Å². The number of hydrogen-bond donors (Lipinski definition) is 1. The first kappa shape index (κ1) is 18.5. The Labute approximate surface area is 159 Å². The topological polar surface area (TPSA) is 33.1 Å². The van der Waals surface area contributed by atoms with Crippen LogP contribution in [0.2, 0.25) is 0 Å². The van der Waals surface area contributed by atoms with Gasteiger partial charge in [-0.3, -0.25) is 9.58 Å². The summed E-state index contributed by atoms with van der Waals surface area (Å²) in [5, 5.41) is 8.34. The molecule has 0 aromatic carbocycles. The zero-order valence-electron chi connectivity index (χ0n) is 17.0. The zero-order chi connectivity index (χ0) is 18.0. The number of likely N-dealkylation sites (N-methyl/N-ethyl adjacent to an activating group) is 2. The molecule has 0 bridgehead atoms. The number of hydrogen-bond acceptors (Lipinski definition) is 3. The van der Waals surface area contributed by atoms with Gasteiger partial charge in [0.15, 0.2) is 0 Å². The molecule has 4 heteroatoms. The highest BCUT2D eigenvalue weighted by Crippen LogP contribution is 2.52. The molecule has 146 valence electrons. The van der Waals surface area contributed by atoms with Gasteiger partial charge in [-0.2, -0.15) is 5.10 Å². The lowest BCUT2D eigenvalue weighted by Gasteiger charge is -2.43. The van der Waals surface area contributed by atoms with Crippen LogP contribution in [0.5, 0.6) is 0 Å². The van der Waals surface area contributed by atoms with E-state index in [1.54, 1.807) is 11.3 Å². The first-order chi connectivity index (χ1) is 12.7. The summed E-state index contributed by atoms with van der Waals surface area (Å²) in [6.45, 7) is 4.29. The highest BCUT2D eigenvalue weighted by molar-refractivity contribution is 5.33. The number of fused-ring (bicyclic) bond motifs is 1. The van der Waals surface area contributed by atoms with Crippen LogP contribution in [0.3, 0.4) is 0 Å². The third kappa shape index (κ3) is 3.73. The van der Waals surface area contributed by atoms with Gasteiger partial charge < -0.3 is 5.32 Å². The van der Waals surface area contributed by atoms with Crippen LogP contribution in [0.1, 0.15) is 87.1 Å². The lowest BCUT2D eigenvalue weighted by Crippen LogP contribution is -2.30. The van der Waals surface area contributed by atoms with Crippen LogP contribution in [0.25, 0.3) is 0 Å². The van der Waals surface area contributed by atoms with E-state index in [1.807, 2.05) is 7.05 Å². The minimum atomic E-state index is 0.717. The van der Waals surface area contributed by atoms with Crippen LogP contribution < -0.4 is 5.32 Å². The van der Waals surface area contributed by atoms with Gasteiger partial charge in [0.2, 0.25) is 0 Å². The highest BCUT2D eigenvalue weighted by Gasteiger charge is 2.38. The van der Waals surface area contributed by atoms with Crippen molar-refractivity contribution in [3.63, 3.8) is 0 Å². The maximum absolute atomic E-state index is 5.07. The maximum atomic E-state index is 5.07. The number of rotatable bonds is 6. The van der Waals surface area contributed by atoms with Gasteiger partial charge in [-0.05, 0) is 76.8 Å². The number of nitrogens with zero attached hydrogens (tertiary/aromatic N) is 3. The van der Waals surface area contributed by atoms with Crippen molar-refractivity contribution in [1.29, 1.82) is 0 Å². The van der Waals surface area contributed by atoms with Crippen molar-refractivity contribution in [2.75, 3.05) is 27.2 Å². The molecule has 2 aliphatic carbocycles. The summed E-state index contributed by atoms with van der Waals surface area (Å²) in [5.74, 6) is 0.775. The Morgan fingerprint density at radius 2 is 1.88 bits per heavy atom. The van der Waals surface area contributed by atoms with Crippen LogP contribution in [-0.2, 0) is 19.5 Å². The van der Waals surface area contributed by atoms with E-state index in [4.69, 9.17) is 5.10 Å². The molecule has 0 atom stereocenters. The maximum Gasteiger partial charge on any atom is 0.0802 e. The Balaban J connectivity index is 1.48. The Kier molecular flexibility index (Phi) is 5.70. The average Bonchev–Trinajstić information content (AvgIpc) is 3.23. The highest BCUT2D eigenvalue weighted by atomic mass is 15.3. The molecule has 1 spiro atoms. The third-order valence-electron chi connectivity index (χ3n) is 7.49. The molecule has 0 radical (unpaired) electrons. The quantitative estimate of drug-likeness (QED) is 0.831. The van der Waals surface area contributed by atoms with Gasteiger partial charge in [-0.1, -0.05) is 19.3 Å². The monoisotopic (exact) mass is 358 g/mol. The number of nitrogens with one attached hydrogen (secondary N) is 1. The summed E-state index contributed by atoms with van der Waals surface area (Å²) in [5.41, 5.74) is 5.37. The molecule has 3 aliphatic rings. The van der Waals surface area contributed by atoms with Crippen molar-refractivity contribution in [1.82, 2.24) is 20.0 Å². The van der Waals surface area contributed by atoms with Crippen molar-refractivity contribution in [3.8, 4) is 0 Å². The SMILES string of the molecule is CNCCN(C)Cc1nn2c(c1C1CCC3(CCCCC3)CC1)CCC2. The third-order valence-corrected chi connectivity index (χ3v) is 7.49. The fraction of sp³-hybridized carbons (Fsp3) is 0.864. The molecule has 26 heavy (non-hydrogen) atoms. The van der Waals surface area contributed by atoms with Gasteiger partial charge in [-0.15, -0.1) is 0 Å². The Morgan fingerprint density at radius 3 is 2.62 bits per heavy atom. The summed E-state index contributed by atoms with van der Waals surface area (Å²) >= 11 is 0. The Morgan fingerprint density at radius 1 is 1.12 bits per heavy atom. The van der Waals surface area contributed by atoms with E-state index >= 15 is 0 Å². The van der Waals surface area contributed by atoms with E-state index in [0.29, 0.717) is 0 Å². The Hall–Kier alpha value is -0.870. The van der Waals surface area contributed by atoms with Gasteiger partial charge in [-0.25, -0.2) is 0 Å². The van der Waals surface area contributed by atoms with Gasteiger partial charge in [0.05, 0.1) is 5.69 Å². The smallest absolute Gasteiger partial charge is 0.0802 e. The zero-order valence-corrected chi connectivity index (χ0v) is 17.0. The molecule has 1 aliphatic heterocycles. The van der Waals surface area contributed by atoms with Crippen molar-refractivity contribution in [2.45, 2.75) is 89.6 Å². The van der Waals surface area contributed by atoms with Crippen LogP contribution in [0, 0.1) is 5.41 Å². The second-order valence-electron chi connectivity index (χ2n) is 9.31. The molecule has 4 rings (SSSR count). The molecule has 1 aromatic rings. The molecule has 2 heterocycles. The molecule has 2 fully saturated rings. The molecule has 4 nitrogen and oxygen atoms in total. The number of aryl methyl sites for hydroxylation is 1. The molecular weight excluding hydrogens is 320 g/mol. The van der Waals surface area contributed by atoms with Crippen molar-refractivity contribution in [3.05, 3.63) is 17.0 Å². The predicted molar refractivity (Wildman–Crippen MR) is 108 cm³/mol. The predicted octanol–water partition coefficient (Wildman–Crippen LogP) is 4.09. The molecular formula is C22H38N4. The van der Waals surface area contributed by atoms with Crippen molar-refractivity contribution < 1.29 is 0 Å². The lowest BCUT2D eigenvalue weighted by molar-refractivity contribution is 0.114. The standard InChI is InChI=1S/C22H38N4/c1-23-14-16-25(2)17-19-21(20-7-6-15-26(20)24-19)18-8-12-22(13-9-18)10-4-3-5-11-22/h18,23H,3-17H2,1-2H3. The van der Waals surface area contributed by atoms with Gasteiger partial charge in [0.25, 0.3) is 0 Å². The number of aromatic nitrogens is 2. The van der Waals surface area contributed by atoms with Gasteiger partial charge in [0, 0.05) is 37.4 Å². The Bertz CT molecular complexity index is 590.